The number of nitrogens with one attached hydrogen (secondary N) is 1. The molecule has 0 aliphatic carbocycles. The molecule has 0 saturated carbocycles. The lowest BCUT2D eigenvalue weighted by atomic mass is 10.1. The standard InChI is InChI=1S/C21H24N2O4/c1-26-18-10-8-15(14-19(18)27-2)12-13-22-21(25)17-9-11-20(24)23(17)16-6-4-3-5-7-16/h3-8,10,14,17H,9,11-13H2,1-2H3,(H,22,25). The molecule has 6 heteroatoms. The molecule has 6 nitrogen and oxygen atoms in total. The molecule has 1 saturated heterocycles. The van der Waals surface area contributed by atoms with Crippen molar-refractivity contribution in [1.82, 2.24) is 5.32 Å². The monoisotopic (exact) mass is 368 g/mol. The maximum absolute atomic E-state index is 12.6. The lowest BCUT2D eigenvalue weighted by Gasteiger charge is -2.24. The highest BCUT2D eigenvalue weighted by atomic mass is 16.5. The summed E-state index contributed by atoms with van der Waals surface area (Å²) >= 11 is 0. The maximum atomic E-state index is 12.6. The lowest BCUT2D eigenvalue weighted by Crippen LogP contribution is -2.45. The minimum atomic E-state index is -0.453. The molecule has 142 valence electrons. The number of amides is 2. The molecular formula is C21H24N2O4. The van der Waals surface area contributed by atoms with Gasteiger partial charge in [-0.2, -0.15) is 0 Å². The molecule has 0 spiro atoms. The van der Waals surface area contributed by atoms with Crippen molar-refractivity contribution in [2.24, 2.45) is 0 Å². The van der Waals surface area contributed by atoms with Gasteiger partial charge in [-0.25, -0.2) is 0 Å². The van der Waals surface area contributed by atoms with E-state index in [0.29, 0.717) is 37.3 Å². The van der Waals surface area contributed by atoms with Crippen LogP contribution in [0.5, 0.6) is 11.5 Å². The van der Waals surface area contributed by atoms with Crippen LogP contribution in [0.2, 0.25) is 0 Å². The van der Waals surface area contributed by atoms with Gasteiger partial charge in [-0.1, -0.05) is 24.3 Å². The fourth-order valence-electron chi connectivity index (χ4n) is 3.33. The van der Waals surface area contributed by atoms with E-state index in [2.05, 4.69) is 5.32 Å². The largest absolute Gasteiger partial charge is 0.493 e. The SMILES string of the molecule is COc1ccc(CCNC(=O)C2CCC(=O)N2c2ccccc2)cc1OC. The molecule has 1 N–H and O–H groups in total. The van der Waals surface area contributed by atoms with Crippen LogP contribution in [0, 0.1) is 0 Å². The number of hydrogen-bond acceptors (Lipinski definition) is 4. The number of hydrogen-bond donors (Lipinski definition) is 1. The van der Waals surface area contributed by atoms with Crippen molar-refractivity contribution in [3.8, 4) is 11.5 Å². The molecule has 1 aliphatic rings. The summed E-state index contributed by atoms with van der Waals surface area (Å²) < 4.78 is 10.5. The van der Waals surface area contributed by atoms with Crippen molar-refractivity contribution in [3.63, 3.8) is 0 Å². The Kier molecular flexibility index (Phi) is 5.96. The second kappa shape index (κ2) is 8.58. The maximum Gasteiger partial charge on any atom is 0.243 e. The van der Waals surface area contributed by atoms with Gasteiger partial charge in [0, 0.05) is 18.7 Å². The molecule has 27 heavy (non-hydrogen) atoms. The summed E-state index contributed by atoms with van der Waals surface area (Å²) in [4.78, 5) is 26.5. The molecule has 3 rings (SSSR count). The van der Waals surface area contributed by atoms with Crippen LogP contribution in [0.3, 0.4) is 0 Å². The summed E-state index contributed by atoms with van der Waals surface area (Å²) in [5.41, 5.74) is 1.80. The Bertz CT molecular complexity index is 807. The highest BCUT2D eigenvalue weighted by Crippen LogP contribution is 2.28. The van der Waals surface area contributed by atoms with E-state index in [4.69, 9.17) is 9.47 Å². The average molecular weight is 368 g/mol. The van der Waals surface area contributed by atoms with Gasteiger partial charge in [0.15, 0.2) is 11.5 Å². The first-order valence-electron chi connectivity index (χ1n) is 8.99. The first-order chi connectivity index (χ1) is 13.1. The van der Waals surface area contributed by atoms with Crippen LogP contribution >= 0.6 is 0 Å². The topological polar surface area (TPSA) is 67.9 Å². The molecule has 1 aliphatic heterocycles. The summed E-state index contributed by atoms with van der Waals surface area (Å²) in [5.74, 6) is 1.21. The third-order valence-corrected chi connectivity index (χ3v) is 4.71. The first kappa shape index (κ1) is 18.8. The molecule has 2 aromatic rings. The van der Waals surface area contributed by atoms with Gasteiger partial charge in [-0.15, -0.1) is 0 Å². The second-order valence-electron chi connectivity index (χ2n) is 6.38. The van der Waals surface area contributed by atoms with Crippen LogP contribution in [0.4, 0.5) is 5.69 Å². The van der Waals surface area contributed by atoms with Gasteiger partial charge < -0.3 is 14.8 Å². The van der Waals surface area contributed by atoms with E-state index in [9.17, 15) is 9.59 Å². The number of anilines is 1. The van der Waals surface area contributed by atoms with E-state index in [-0.39, 0.29) is 11.8 Å². The number of benzene rings is 2. The molecule has 1 heterocycles. The summed E-state index contributed by atoms with van der Waals surface area (Å²) in [7, 11) is 3.19. The van der Waals surface area contributed by atoms with Crippen LogP contribution in [-0.2, 0) is 16.0 Å². The van der Waals surface area contributed by atoms with Gasteiger partial charge in [0.25, 0.3) is 0 Å². The third-order valence-electron chi connectivity index (χ3n) is 4.71. The quantitative estimate of drug-likeness (QED) is 0.816. The van der Waals surface area contributed by atoms with Crippen LogP contribution < -0.4 is 19.7 Å². The molecule has 2 amide bonds. The summed E-state index contributed by atoms with van der Waals surface area (Å²) in [6, 6.07) is 14.6. The molecule has 1 unspecified atom stereocenters. The molecule has 0 bridgehead atoms. The minimum Gasteiger partial charge on any atom is -0.493 e. The van der Waals surface area contributed by atoms with Gasteiger partial charge in [-0.05, 0) is 42.7 Å². The number of methoxy groups -OCH3 is 2. The average Bonchev–Trinajstić information content (AvgIpc) is 3.10. The van der Waals surface area contributed by atoms with Crippen molar-refractivity contribution in [2.75, 3.05) is 25.7 Å². The Morgan fingerprint density at radius 3 is 2.56 bits per heavy atom. The number of carbonyl (C=O) groups excluding carboxylic acids is 2. The zero-order chi connectivity index (χ0) is 19.2. The predicted molar refractivity (Wildman–Crippen MR) is 103 cm³/mol. The normalized spacial score (nSPS) is 16.3. The Labute approximate surface area is 159 Å². The Morgan fingerprint density at radius 1 is 1.11 bits per heavy atom. The van der Waals surface area contributed by atoms with Crippen LogP contribution in [0.15, 0.2) is 48.5 Å². The van der Waals surface area contributed by atoms with E-state index >= 15 is 0 Å². The van der Waals surface area contributed by atoms with E-state index in [1.54, 1.807) is 19.1 Å². The minimum absolute atomic E-state index is 0.0127. The third kappa shape index (κ3) is 4.22. The first-order valence-corrected chi connectivity index (χ1v) is 8.99. The second-order valence-corrected chi connectivity index (χ2v) is 6.38. The molecule has 1 fully saturated rings. The Morgan fingerprint density at radius 2 is 1.85 bits per heavy atom. The number of carbonyl (C=O) groups is 2. The van der Waals surface area contributed by atoms with E-state index in [0.717, 1.165) is 11.3 Å². The zero-order valence-corrected chi connectivity index (χ0v) is 15.6. The van der Waals surface area contributed by atoms with E-state index in [1.165, 1.54) is 0 Å². The summed E-state index contributed by atoms with van der Waals surface area (Å²) in [6.45, 7) is 0.488. The predicted octanol–water partition coefficient (Wildman–Crippen LogP) is 2.56. The molecular weight excluding hydrogens is 344 g/mol. The summed E-state index contributed by atoms with van der Waals surface area (Å²) in [5, 5.41) is 2.95. The van der Waals surface area contributed by atoms with Gasteiger partial charge >= 0.3 is 0 Å². The van der Waals surface area contributed by atoms with Crippen molar-refractivity contribution < 1.29 is 19.1 Å². The van der Waals surface area contributed by atoms with Gasteiger partial charge in [-0.3, -0.25) is 14.5 Å². The number of ether oxygens (including phenoxy) is 2. The summed E-state index contributed by atoms with van der Waals surface area (Å²) in [6.07, 6.45) is 1.59. The fraction of sp³-hybridized carbons (Fsp3) is 0.333. The highest BCUT2D eigenvalue weighted by Gasteiger charge is 2.36. The zero-order valence-electron chi connectivity index (χ0n) is 15.6. The number of para-hydroxylation sites is 1. The Balaban J connectivity index is 1.60. The van der Waals surface area contributed by atoms with Crippen molar-refractivity contribution in [3.05, 3.63) is 54.1 Å². The fourth-order valence-corrected chi connectivity index (χ4v) is 3.33. The molecule has 2 aromatic carbocycles. The van der Waals surface area contributed by atoms with Crippen molar-refractivity contribution >= 4 is 17.5 Å². The van der Waals surface area contributed by atoms with E-state index < -0.39 is 6.04 Å². The molecule has 1 atom stereocenters. The lowest BCUT2D eigenvalue weighted by molar-refractivity contribution is -0.123. The van der Waals surface area contributed by atoms with Crippen LogP contribution in [0.1, 0.15) is 18.4 Å². The van der Waals surface area contributed by atoms with Gasteiger partial charge in [0.2, 0.25) is 11.8 Å². The smallest absolute Gasteiger partial charge is 0.243 e. The van der Waals surface area contributed by atoms with Gasteiger partial charge in [0.05, 0.1) is 14.2 Å². The van der Waals surface area contributed by atoms with Crippen LogP contribution in [0.25, 0.3) is 0 Å². The van der Waals surface area contributed by atoms with Crippen LogP contribution in [-0.4, -0.2) is 38.6 Å². The number of rotatable bonds is 7. The van der Waals surface area contributed by atoms with Crippen molar-refractivity contribution in [2.45, 2.75) is 25.3 Å². The Hall–Kier alpha value is -3.02. The molecule has 0 aromatic heterocycles. The highest BCUT2D eigenvalue weighted by molar-refractivity contribution is 6.03. The van der Waals surface area contributed by atoms with Gasteiger partial charge in [0.1, 0.15) is 6.04 Å². The molecule has 0 radical (unpaired) electrons. The van der Waals surface area contributed by atoms with E-state index in [1.807, 2.05) is 48.5 Å². The number of nitrogens with zero attached hydrogens (tertiary/aromatic N) is 1. The van der Waals surface area contributed by atoms with Crippen molar-refractivity contribution in [1.29, 1.82) is 0 Å².